The van der Waals surface area contributed by atoms with Gasteiger partial charge in [-0.15, -0.1) is 0 Å². The van der Waals surface area contributed by atoms with Gasteiger partial charge in [0.1, 0.15) is 6.54 Å². The van der Waals surface area contributed by atoms with Crippen molar-refractivity contribution in [1.29, 1.82) is 0 Å². The summed E-state index contributed by atoms with van der Waals surface area (Å²) < 4.78 is 2.28. The smallest absolute Gasteiger partial charge is 0.246 e. The van der Waals surface area contributed by atoms with Crippen molar-refractivity contribution in [3.05, 3.63) is 33.3 Å². The van der Waals surface area contributed by atoms with E-state index < -0.39 is 0 Å². The lowest BCUT2D eigenvalue weighted by atomic mass is 10.3. The predicted molar refractivity (Wildman–Crippen MR) is 81.7 cm³/mol. The van der Waals surface area contributed by atoms with Gasteiger partial charge in [0.2, 0.25) is 5.91 Å². The molecule has 106 valence electrons. The number of rotatable bonds is 3. The Balaban J connectivity index is 2.13. The number of nitrogen functional groups attached to an aromatic ring is 1. The summed E-state index contributed by atoms with van der Waals surface area (Å²) in [5, 5.41) is 7.13. The number of hydrogen-bond acceptors (Lipinski definition) is 4. The molecule has 3 N–H and O–H groups in total. The number of aromatic nitrogens is 3. The fourth-order valence-corrected chi connectivity index (χ4v) is 2.18. The molecule has 0 radical (unpaired) electrons. The van der Waals surface area contributed by atoms with Crippen molar-refractivity contribution in [1.82, 2.24) is 14.8 Å². The maximum absolute atomic E-state index is 12.0. The summed E-state index contributed by atoms with van der Waals surface area (Å²) in [5.41, 5.74) is 8.33. The van der Waals surface area contributed by atoms with E-state index in [1.54, 1.807) is 23.9 Å². The second-order valence-corrected chi connectivity index (χ2v) is 5.56. The molecule has 0 aliphatic carbocycles. The molecule has 0 unspecified atom stereocenters. The van der Waals surface area contributed by atoms with Crippen LogP contribution in [-0.4, -0.2) is 20.7 Å². The molecule has 6 nitrogen and oxygen atoms in total. The number of nitrogens with one attached hydrogen (secondary N) is 1. The second kappa shape index (κ2) is 5.80. The second-order valence-electron chi connectivity index (χ2n) is 4.28. The fourth-order valence-electron chi connectivity index (χ4n) is 1.70. The first-order valence-electron chi connectivity index (χ1n) is 5.79. The lowest BCUT2D eigenvalue weighted by Crippen LogP contribution is -2.20. The third kappa shape index (κ3) is 3.10. The third-order valence-corrected chi connectivity index (χ3v) is 3.55. The predicted octanol–water partition coefficient (Wildman–Crippen LogP) is 2.53. The number of aryl methyl sites for hydroxylation is 1. The molecule has 0 aromatic carbocycles. The molecule has 0 saturated heterocycles. The van der Waals surface area contributed by atoms with Gasteiger partial charge in [0.25, 0.3) is 0 Å². The molecule has 8 heteroatoms. The first-order chi connectivity index (χ1) is 9.38. The van der Waals surface area contributed by atoms with Gasteiger partial charge in [0.05, 0.1) is 22.8 Å². The highest BCUT2D eigenvalue weighted by atomic mass is 79.9. The van der Waals surface area contributed by atoms with Gasteiger partial charge in [-0.1, -0.05) is 11.6 Å². The lowest BCUT2D eigenvalue weighted by Gasteiger charge is -2.08. The molecule has 0 aliphatic heterocycles. The first kappa shape index (κ1) is 14.8. The van der Waals surface area contributed by atoms with E-state index in [0.29, 0.717) is 17.1 Å². The van der Waals surface area contributed by atoms with Crippen molar-refractivity contribution in [2.24, 2.45) is 0 Å². The summed E-state index contributed by atoms with van der Waals surface area (Å²) in [4.78, 5) is 15.9. The van der Waals surface area contributed by atoms with Gasteiger partial charge < -0.3 is 11.1 Å². The zero-order chi connectivity index (χ0) is 14.9. The topological polar surface area (TPSA) is 85.8 Å². The van der Waals surface area contributed by atoms with Crippen LogP contribution in [0.1, 0.15) is 11.4 Å². The van der Waals surface area contributed by atoms with Gasteiger partial charge in [0.15, 0.2) is 5.15 Å². The Kier molecular flexibility index (Phi) is 4.29. The van der Waals surface area contributed by atoms with Crippen LogP contribution in [0.15, 0.2) is 16.7 Å². The number of halogens is 2. The average molecular weight is 359 g/mol. The highest BCUT2D eigenvalue weighted by Gasteiger charge is 2.13. The van der Waals surface area contributed by atoms with Crippen LogP contribution < -0.4 is 11.1 Å². The van der Waals surface area contributed by atoms with Crippen molar-refractivity contribution < 1.29 is 4.79 Å². The number of anilines is 2. The normalized spacial score (nSPS) is 10.6. The van der Waals surface area contributed by atoms with Crippen LogP contribution in [0.3, 0.4) is 0 Å². The minimum atomic E-state index is -0.252. The van der Waals surface area contributed by atoms with Crippen LogP contribution >= 0.6 is 27.5 Å². The lowest BCUT2D eigenvalue weighted by molar-refractivity contribution is -0.116. The summed E-state index contributed by atoms with van der Waals surface area (Å²) in [5.74, 6) is -0.252. The maximum Gasteiger partial charge on any atom is 0.246 e. The number of hydrogen-bond donors (Lipinski definition) is 2. The molecule has 0 atom stereocenters. The molecule has 20 heavy (non-hydrogen) atoms. The van der Waals surface area contributed by atoms with Gasteiger partial charge >= 0.3 is 0 Å². The number of pyridine rings is 1. The van der Waals surface area contributed by atoms with Crippen LogP contribution in [0.4, 0.5) is 11.4 Å². The van der Waals surface area contributed by atoms with Gasteiger partial charge in [-0.25, -0.2) is 4.98 Å². The molecule has 0 saturated carbocycles. The van der Waals surface area contributed by atoms with Crippen molar-refractivity contribution in [3.63, 3.8) is 0 Å². The van der Waals surface area contributed by atoms with Crippen molar-refractivity contribution in [3.8, 4) is 0 Å². The number of carbonyl (C=O) groups is 1. The van der Waals surface area contributed by atoms with Crippen LogP contribution in [0, 0.1) is 13.8 Å². The molecular formula is C12H13BrClN5O. The average Bonchev–Trinajstić information content (AvgIpc) is 2.61. The molecule has 0 bridgehead atoms. The molecule has 0 fully saturated rings. The Morgan fingerprint density at radius 3 is 2.85 bits per heavy atom. The van der Waals surface area contributed by atoms with E-state index in [4.69, 9.17) is 17.3 Å². The molecule has 2 aromatic rings. The molecule has 0 spiro atoms. The number of nitrogens with zero attached hydrogens (tertiary/aromatic N) is 3. The number of carbonyl (C=O) groups excluding carboxylic acids is 1. The standard InChI is InChI=1S/C12H13BrClN5O/c1-6-11(15)7(2)19(18-6)5-10(20)17-9-3-8(13)4-16-12(9)14/h3-4H,5,15H2,1-2H3,(H,17,20). The van der Waals surface area contributed by atoms with E-state index in [2.05, 4.69) is 31.3 Å². The Morgan fingerprint density at radius 2 is 2.25 bits per heavy atom. The minimum absolute atomic E-state index is 0.0622. The molecular weight excluding hydrogens is 346 g/mol. The zero-order valence-corrected chi connectivity index (χ0v) is 13.3. The van der Waals surface area contributed by atoms with Crippen molar-refractivity contribution in [2.75, 3.05) is 11.1 Å². The highest BCUT2D eigenvalue weighted by molar-refractivity contribution is 9.10. The van der Waals surface area contributed by atoms with Crippen LogP contribution in [0.5, 0.6) is 0 Å². The zero-order valence-electron chi connectivity index (χ0n) is 10.9. The largest absolute Gasteiger partial charge is 0.396 e. The number of nitrogens with two attached hydrogens (primary N) is 1. The van der Waals surface area contributed by atoms with E-state index in [1.165, 1.54) is 0 Å². The summed E-state index contributed by atoms with van der Waals surface area (Å²) in [6.07, 6.45) is 1.56. The van der Waals surface area contributed by atoms with E-state index in [1.807, 2.05) is 6.92 Å². The maximum atomic E-state index is 12.0. The minimum Gasteiger partial charge on any atom is -0.396 e. The Hall–Kier alpha value is -1.60. The SMILES string of the molecule is Cc1nn(CC(=O)Nc2cc(Br)cnc2Cl)c(C)c1N. The Bertz CT molecular complexity index is 670. The Labute approximate surface area is 129 Å². The molecule has 2 aromatic heterocycles. The summed E-state index contributed by atoms with van der Waals surface area (Å²) in [6.45, 7) is 3.68. The summed E-state index contributed by atoms with van der Waals surface area (Å²) in [6, 6.07) is 1.68. The number of amides is 1. The molecule has 0 aliphatic rings. The summed E-state index contributed by atoms with van der Waals surface area (Å²) in [7, 11) is 0. The van der Waals surface area contributed by atoms with Gasteiger partial charge in [-0.2, -0.15) is 5.10 Å². The first-order valence-corrected chi connectivity index (χ1v) is 6.96. The quantitative estimate of drug-likeness (QED) is 0.826. The highest BCUT2D eigenvalue weighted by Crippen LogP contribution is 2.23. The van der Waals surface area contributed by atoms with Crippen LogP contribution in [0.25, 0.3) is 0 Å². The summed E-state index contributed by atoms with van der Waals surface area (Å²) >= 11 is 9.19. The van der Waals surface area contributed by atoms with Crippen LogP contribution in [0.2, 0.25) is 5.15 Å². The van der Waals surface area contributed by atoms with Gasteiger partial charge in [-0.05, 0) is 35.8 Å². The molecule has 1 amide bonds. The molecule has 2 rings (SSSR count). The van der Waals surface area contributed by atoms with E-state index in [-0.39, 0.29) is 17.6 Å². The van der Waals surface area contributed by atoms with Gasteiger partial charge in [-0.3, -0.25) is 9.48 Å². The van der Waals surface area contributed by atoms with Crippen molar-refractivity contribution in [2.45, 2.75) is 20.4 Å². The molecule has 2 heterocycles. The van der Waals surface area contributed by atoms with E-state index in [0.717, 1.165) is 10.2 Å². The van der Waals surface area contributed by atoms with E-state index in [9.17, 15) is 4.79 Å². The third-order valence-electron chi connectivity index (χ3n) is 2.81. The van der Waals surface area contributed by atoms with Crippen LogP contribution in [-0.2, 0) is 11.3 Å². The van der Waals surface area contributed by atoms with Crippen molar-refractivity contribution >= 4 is 44.8 Å². The van der Waals surface area contributed by atoms with E-state index >= 15 is 0 Å². The Morgan fingerprint density at radius 1 is 1.55 bits per heavy atom. The monoisotopic (exact) mass is 357 g/mol. The van der Waals surface area contributed by atoms with Gasteiger partial charge in [0, 0.05) is 10.7 Å². The fraction of sp³-hybridized carbons (Fsp3) is 0.250.